The summed E-state index contributed by atoms with van der Waals surface area (Å²) in [6, 6.07) is 5.68. The third-order valence-electron chi connectivity index (χ3n) is 5.23. The van der Waals surface area contributed by atoms with Crippen LogP contribution in [0.25, 0.3) is 17.1 Å². The molecule has 3 aromatic rings. The van der Waals surface area contributed by atoms with Crippen molar-refractivity contribution in [2.24, 2.45) is 0 Å². The van der Waals surface area contributed by atoms with E-state index in [0.717, 1.165) is 17.0 Å². The van der Waals surface area contributed by atoms with Gasteiger partial charge in [-0.3, -0.25) is 4.57 Å². The van der Waals surface area contributed by atoms with Gasteiger partial charge in [0.2, 0.25) is 0 Å². The molecule has 1 aromatic carbocycles. The minimum atomic E-state index is -0.465. The number of nitrogens with zero attached hydrogens (tertiary/aromatic N) is 5. The Hall–Kier alpha value is -3.88. The van der Waals surface area contributed by atoms with Gasteiger partial charge < -0.3 is 18.8 Å². The summed E-state index contributed by atoms with van der Waals surface area (Å²) < 4.78 is 20.6. The van der Waals surface area contributed by atoms with Crippen molar-refractivity contribution >= 4 is 5.97 Å². The monoisotopic (exact) mass is 449 g/mol. The van der Waals surface area contributed by atoms with Gasteiger partial charge in [0, 0.05) is 5.56 Å². The maximum Gasteiger partial charge on any atom is 0.359 e. The van der Waals surface area contributed by atoms with Crippen LogP contribution in [0.3, 0.4) is 0 Å². The van der Waals surface area contributed by atoms with Gasteiger partial charge >= 0.3 is 5.97 Å². The van der Waals surface area contributed by atoms with Gasteiger partial charge in [0.1, 0.15) is 24.4 Å². The van der Waals surface area contributed by atoms with E-state index in [-0.39, 0.29) is 18.4 Å². The summed E-state index contributed by atoms with van der Waals surface area (Å²) in [6.07, 6.45) is 7.06. The molecule has 1 aliphatic heterocycles. The Bertz CT molecular complexity index is 1240. The molecule has 0 aliphatic carbocycles. The average molecular weight is 450 g/mol. The summed E-state index contributed by atoms with van der Waals surface area (Å²) in [5.74, 6) is 2.24. The van der Waals surface area contributed by atoms with Crippen molar-refractivity contribution in [3.8, 4) is 22.8 Å². The van der Waals surface area contributed by atoms with Crippen LogP contribution < -0.4 is 4.74 Å². The molecule has 2 aromatic heterocycles. The lowest BCUT2D eigenvalue weighted by atomic mass is 10.1. The number of fused-ring (bicyclic) bond motifs is 5. The summed E-state index contributed by atoms with van der Waals surface area (Å²) >= 11 is 0. The van der Waals surface area contributed by atoms with E-state index in [1.165, 1.54) is 0 Å². The van der Waals surface area contributed by atoms with Crippen LogP contribution in [0.5, 0.6) is 5.75 Å². The summed E-state index contributed by atoms with van der Waals surface area (Å²) in [5.41, 5.74) is 2.59. The molecule has 1 aliphatic rings. The first-order valence-corrected chi connectivity index (χ1v) is 10.8. The van der Waals surface area contributed by atoms with E-state index < -0.39 is 5.97 Å². The van der Waals surface area contributed by atoms with E-state index in [9.17, 15) is 4.79 Å². The van der Waals surface area contributed by atoms with Gasteiger partial charge in [-0.25, -0.2) is 9.78 Å². The predicted molar refractivity (Wildman–Crippen MR) is 122 cm³/mol. The smallest absolute Gasteiger partial charge is 0.359 e. The molecule has 9 heteroatoms. The van der Waals surface area contributed by atoms with Crippen molar-refractivity contribution < 1.29 is 19.0 Å². The van der Waals surface area contributed by atoms with Crippen LogP contribution >= 0.6 is 0 Å². The number of hydrogen-bond acceptors (Lipinski definition) is 7. The van der Waals surface area contributed by atoms with Crippen molar-refractivity contribution in [3.63, 3.8) is 0 Å². The van der Waals surface area contributed by atoms with E-state index >= 15 is 0 Å². The zero-order valence-corrected chi connectivity index (χ0v) is 19.4. The maximum absolute atomic E-state index is 12.8. The van der Waals surface area contributed by atoms with Gasteiger partial charge in [0.05, 0.1) is 31.1 Å². The Kier molecular flexibility index (Phi) is 6.30. The average Bonchev–Trinajstić information content (AvgIpc) is 3.37. The first-order chi connectivity index (χ1) is 16.0. The van der Waals surface area contributed by atoms with Crippen molar-refractivity contribution in [2.45, 2.75) is 47.0 Å². The number of esters is 1. The molecular formula is C24H27N5O4. The molecule has 3 heterocycles. The van der Waals surface area contributed by atoms with Crippen LogP contribution in [-0.4, -0.2) is 43.5 Å². The van der Waals surface area contributed by atoms with Crippen LogP contribution in [0.4, 0.5) is 0 Å². The van der Waals surface area contributed by atoms with Crippen LogP contribution in [-0.2, 0) is 22.6 Å². The number of allylic oxidation sites excluding steroid dienone is 3. The maximum atomic E-state index is 12.8. The summed E-state index contributed by atoms with van der Waals surface area (Å²) in [7, 11) is 1.62. The number of hydrogen-bond donors (Lipinski definition) is 0. The highest BCUT2D eigenvalue weighted by atomic mass is 16.5. The van der Waals surface area contributed by atoms with E-state index in [4.69, 9.17) is 14.2 Å². The molecule has 0 N–H and O–H groups in total. The highest BCUT2D eigenvalue weighted by Gasteiger charge is 2.29. The zero-order valence-electron chi connectivity index (χ0n) is 19.4. The lowest BCUT2D eigenvalue weighted by Gasteiger charge is -2.11. The number of aromatic nitrogens is 5. The highest BCUT2D eigenvalue weighted by molar-refractivity contribution is 5.89. The third-order valence-corrected chi connectivity index (χ3v) is 5.23. The fraction of sp³-hybridized carbons (Fsp3) is 0.333. The van der Waals surface area contributed by atoms with Crippen molar-refractivity contribution in [2.75, 3.05) is 7.11 Å². The molecule has 0 unspecified atom stereocenters. The fourth-order valence-electron chi connectivity index (χ4n) is 3.70. The molecule has 0 spiro atoms. The lowest BCUT2D eigenvalue weighted by Crippen LogP contribution is -2.16. The first-order valence-electron chi connectivity index (χ1n) is 10.8. The molecule has 4 rings (SSSR count). The summed E-state index contributed by atoms with van der Waals surface area (Å²) in [4.78, 5) is 17.2. The first kappa shape index (κ1) is 22.3. The van der Waals surface area contributed by atoms with Gasteiger partial charge in [-0.1, -0.05) is 6.08 Å². The zero-order chi connectivity index (χ0) is 23.5. The Labute approximate surface area is 192 Å². The molecule has 9 nitrogen and oxygen atoms in total. The standard InChI is InChI=1S/C24H27N5O4/c1-6-8-16(7-2)32-13-21-26-27-23-18-11-17(31-5)9-10-19(18)29-14-25-22(20(29)12-28(21)23)24(30)33-15(3)4/h6-11,14-15H,12-13H2,1-5H3/b8-6-,16-7+. The van der Waals surface area contributed by atoms with E-state index in [0.29, 0.717) is 29.6 Å². The Balaban J connectivity index is 1.83. The van der Waals surface area contributed by atoms with Crippen molar-refractivity contribution in [1.82, 2.24) is 24.3 Å². The normalized spacial score (nSPS) is 12.8. The fourth-order valence-corrected chi connectivity index (χ4v) is 3.70. The highest BCUT2D eigenvalue weighted by Crippen LogP contribution is 2.35. The number of rotatable bonds is 7. The van der Waals surface area contributed by atoms with Gasteiger partial charge in [-0.15, -0.1) is 10.2 Å². The lowest BCUT2D eigenvalue weighted by molar-refractivity contribution is 0.0370. The Morgan fingerprint density at radius 1 is 1.24 bits per heavy atom. The minimum Gasteiger partial charge on any atom is -0.497 e. The van der Waals surface area contributed by atoms with Gasteiger partial charge in [0.15, 0.2) is 17.3 Å². The number of ether oxygens (including phenoxy) is 3. The molecular weight excluding hydrogens is 422 g/mol. The van der Waals surface area contributed by atoms with Crippen LogP contribution in [0.2, 0.25) is 0 Å². The molecule has 0 amide bonds. The van der Waals surface area contributed by atoms with E-state index in [2.05, 4.69) is 15.2 Å². The SMILES string of the molecule is C/C=C\C(=C/C)OCc1nnc2n1Cc1c(C(=O)OC(C)C)ncn1-c1ccc(OC)cc1-2. The van der Waals surface area contributed by atoms with Crippen LogP contribution in [0, 0.1) is 0 Å². The predicted octanol–water partition coefficient (Wildman–Crippen LogP) is 4.06. The molecule has 0 saturated carbocycles. The Morgan fingerprint density at radius 2 is 2.06 bits per heavy atom. The van der Waals surface area contributed by atoms with Crippen LogP contribution in [0.15, 0.2) is 48.5 Å². The number of methoxy groups -OCH3 is 1. The summed E-state index contributed by atoms with van der Waals surface area (Å²) in [5, 5.41) is 8.85. The van der Waals surface area contributed by atoms with Crippen LogP contribution in [0.1, 0.15) is 49.7 Å². The van der Waals surface area contributed by atoms with Gasteiger partial charge in [0.25, 0.3) is 0 Å². The van der Waals surface area contributed by atoms with Gasteiger partial charge in [-0.05, 0) is 58.0 Å². The summed E-state index contributed by atoms with van der Waals surface area (Å²) in [6.45, 7) is 8.01. The second-order valence-corrected chi connectivity index (χ2v) is 7.75. The molecule has 0 saturated heterocycles. The minimum absolute atomic E-state index is 0.218. The molecule has 0 radical (unpaired) electrons. The Morgan fingerprint density at radius 3 is 2.76 bits per heavy atom. The van der Waals surface area contributed by atoms with E-state index in [1.54, 1.807) is 13.4 Å². The second-order valence-electron chi connectivity index (χ2n) is 7.75. The molecule has 0 atom stereocenters. The largest absolute Gasteiger partial charge is 0.497 e. The quantitative estimate of drug-likeness (QED) is 0.239. The number of carbonyl (C=O) groups is 1. The molecule has 0 fully saturated rings. The molecule has 172 valence electrons. The number of carbonyl (C=O) groups excluding carboxylic acids is 1. The third kappa shape index (κ3) is 4.26. The number of benzene rings is 1. The second kappa shape index (κ2) is 9.32. The topological polar surface area (TPSA) is 93.3 Å². The van der Waals surface area contributed by atoms with Gasteiger partial charge in [-0.2, -0.15) is 0 Å². The van der Waals surface area contributed by atoms with Crippen molar-refractivity contribution in [1.29, 1.82) is 0 Å². The van der Waals surface area contributed by atoms with Crippen molar-refractivity contribution in [3.05, 3.63) is 65.7 Å². The molecule has 0 bridgehead atoms. The number of imidazole rings is 1. The van der Waals surface area contributed by atoms with E-state index in [1.807, 2.05) is 73.3 Å². The molecule has 33 heavy (non-hydrogen) atoms.